The fourth-order valence-corrected chi connectivity index (χ4v) is 4.48. The number of rotatable bonds is 8. The highest BCUT2D eigenvalue weighted by molar-refractivity contribution is 5.70. The van der Waals surface area contributed by atoms with E-state index in [1.54, 1.807) is 7.11 Å². The molecule has 5 heteroatoms. The van der Waals surface area contributed by atoms with Crippen LogP contribution in [-0.4, -0.2) is 39.4 Å². The summed E-state index contributed by atoms with van der Waals surface area (Å²) in [5, 5.41) is 3.20. The van der Waals surface area contributed by atoms with Gasteiger partial charge in [-0.25, -0.2) is 0 Å². The fraction of sp³-hybridized carbons (Fsp3) is 0.522. The van der Waals surface area contributed by atoms with Gasteiger partial charge in [0.05, 0.1) is 6.61 Å². The molecule has 0 aromatic heterocycles. The average Bonchev–Trinajstić information content (AvgIpc) is 3.08. The summed E-state index contributed by atoms with van der Waals surface area (Å²) in [6.07, 6.45) is 11.2. The minimum absolute atomic E-state index is 0.0978. The Balaban J connectivity index is 1.39. The van der Waals surface area contributed by atoms with Crippen molar-refractivity contribution in [3.05, 3.63) is 53.4 Å². The van der Waals surface area contributed by atoms with Crippen molar-refractivity contribution in [2.24, 2.45) is 5.92 Å². The Hall–Kier alpha value is -2.27. The van der Waals surface area contributed by atoms with Crippen molar-refractivity contribution in [1.82, 2.24) is 5.32 Å². The standard InChI is InChI=1S/C23H30N2O3/c1-27-11-12-28-23(26)14-20-6-7-21(20)19-5-4-18-8-10-25(22(18)13-19)16-17-3-2-9-24-15-17/h2,4-5,9,13,15,20-21,24H,3,6-8,10-12,14,16H2,1H3. The van der Waals surface area contributed by atoms with Gasteiger partial charge in [-0.3, -0.25) is 4.79 Å². The Morgan fingerprint density at radius 2 is 2.21 bits per heavy atom. The van der Waals surface area contributed by atoms with Crippen LogP contribution >= 0.6 is 0 Å². The van der Waals surface area contributed by atoms with Crippen LogP contribution in [0.2, 0.25) is 0 Å². The zero-order chi connectivity index (χ0) is 19.3. The van der Waals surface area contributed by atoms with Gasteiger partial charge >= 0.3 is 5.97 Å². The van der Waals surface area contributed by atoms with E-state index in [0.29, 0.717) is 31.5 Å². The minimum Gasteiger partial charge on any atom is -0.463 e. The lowest BCUT2D eigenvalue weighted by Gasteiger charge is -2.37. The average molecular weight is 383 g/mol. The van der Waals surface area contributed by atoms with Gasteiger partial charge < -0.3 is 19.7 Å². The number of anilines is 1. The quantitative estimate of drug-likeness (QED) is 0.551. The van der Waals surface area contributed by atoms with Crippen LogP contribution in [0.3, 0.4) is 0 Å². The Morgan fingerprint density at radius 1 is 1.29 bits per heavy atom. The molecule has 0 radical (unpaired) electrons. The molecule has 1 saturated carbocycles. The summed E-state index contributed by atoms with van der Waals surface area (Å²) in [5.74, 6) is 0.777. The second-order valence-electron chi connectivity index (χ2n) is 8.00. The van der Waals surface area contributed by atoms with Gasteiger partial charge in [0.2, 0.25) is 0 Å². The summed E-state index contributed by atoms with van der Waals surface area (Å²) in [6.45, 7) is 2.87. The van der Waals surface area contributed by atoms with Crippen molar-refractivity contribution in [3.63, 3.8) is 0 Å². The summed E-state index contributed by atoms with van der Waals surface area (Å²) in [7, 11) is 1.62. The number of ether oxygens (including phenoxy) is 2. The third kappa shape index (κ3) is 4.25. The van der Waals surface area contributed by atoms with E-state index < -0.39 is 0 Å². The Labute approximate surface area is 167 Å². The molecule has 0 bridgehead atoms. The first-order valence-corrected chi connectivity index (χ1v) is 10.4. The molecule has 1 fully saturated rings. The predicted octanol–water partition coefficient (Wildman–Crippen LogP) is 3.51. The highest BCUT2D eigenvalue weighted by Gasteiger charge is 2.35. The maximum atomic E-state index is 12.1. The predicted molar refractivity (Wildman–Crippen MR) is 110 cm³/mol. The van der Waals surface area contributed by atoms with E-state index in [9.17, 15) is 4.79 Å². The molecule has 0 amide bonds. The van der Waals surface area contributed by atoms with Gasteiger partial charge in [-0.15, -0.1) is 0 Å². The number of nitrogens with zero attached hydrogens (tertiary/aromatic N) is 1. The molecule has 28 heavy (non-hydrogen) atoms. The molecular weight excluding hydrogens is 352 g/mol. The number of hydrogen-bond acceptors (Lipinski definition) is 5. The number of methoxy groups -OCH3 is 1. The van der Waals surface area contributed by atoms with Crippen molar-refractivity contribution in [1.29, 1.82) is 0 Å². The number of nitrogens with one attached hydrogen (secondary N) is 1. The molecule has 150 valence electrons. The first-order valence-electron chi connectivity index (χ1n) is 10.4. The smallest absolute Gasteiger partial charge is 0.306 e. The van der Waals surface area contributed by atoms with Crippen molar-refractivity contribution in [2.75, 3.05) is 38.3 Å². The van der Waals surface area contributed by atoms with Crippen molar-refractivity contribution in [3.8, 4) is 0 Å². The number of esters is 1. The number of benzene rings is 1. The molecule has 2 aliphatic heterocycles. The molecule has 2 unspecified atom stereocenters. The molecular formula is C23H30N2O3. The first-order chi connectivity index (χ1) is 13.7. The van der Waals surface area contributed by atoms with Crippen molar-refractivity contribution < 1.29 is 14.3 Å². The van der Waals surface area contributed by atoms with Crippen LogP contribution < -0.4 is 10.2 Å². The van der Waals surface area contributed by atoms with Gasteiger partial charge in [0.15, 0.2) is 0 Å². The van der Waals surface area contributed by atoms with Crippen LogP contribution in [0, 0.1) is 5.92 Å². The van der Waals surface area contributed by atoms with Gasteiger partial charge in [0.25, 0.3) is 0 Å². The van der Waals surface area contributed by atoms with E-state index in [4.69, 9.17) is 9.47 Å². The monoisotopic (exact) mass is 382 g/mol. The molecule has 4 rings (SSSR count). The summed E-state index contributed by atoms with van der Waals surface area (Å²) >= 11 is 0. The molecule has 2 heterocycles. The Kier molecular flexibility index (Phi) is 6.01. The van der Waals surface area contributed by atoms with Gasteiger partial charge in [0, 0.05) is 38.5 Å². The summed E-state index contributed by atoms with van der Waals surface area (Å²) in [4.78, 5) is 14.6. The van der Waals surface area contributed by atoms with E-state index in [-0.39, 0.29) is 5.97 Å². The maximum absolute atomic E-state index is 12.1. The van der Waals surface area contributed by atoms with E-state index >= 15 is 0 Å². The summed E-state index contributed by atoms with van der Waals surface area (Å²) in [5.41, 5.74) is 5.61. The number of hydrogen-bond donors (Lipinski definition) is 1. The van der Waals surface area contributed by atoms with Gasteiger partial charge in [0.1, 0.15) is 6.61 Å². The molecule has 3 aliphatic rings. The van der Waals surface area contributed by atoms with Crippen LogP contribution in [0.25, 0.3) is 0 Å². The lowest BCUT2D eigenvalue weighted by atomic mass is 9.68. The van der Waals surface area contributed by atoms with E-state index in [1.165, 1.54) is 22.4 Å². The number of fused-ring (bicyclic) bond motifs is 1. The number of carbonyl (C=O) groups excluding carboxylic acids is 1. The van der Waals surface area contributed by atoms with Crippen LogP contribution in [0.1, 0.15) is 42.7 Å². The maximum Gasteiger partial charge on any atom is 0.306 e. The van der Waals surface area contributed by atoms with E-state index in [2.05, 4.69) is 40.7 Å². The molecule has 1 aromatic carbocycles. The lowest BCUT2D eigenvalue weighted by Crippen LogP contribution is -2.28. The van der Waals surface area contributed by atoms with Crippen LogP contribution in [0.15, 0.2) is 42.2 Å². The largest absolute Gasteiger partial charge is 0.463 e. The van der Waals surface area contributed by atoms with Crippen molar-refractivity contribution >= 4 is 11.7 Å². The normalized spacial score (nSPS) is 22.9. The molecule has 5 nitrogen and oxygen atoms in total. The second-order valence-corrected chi connectivity index (χ2v) is 8.00. The molecule has 1 aromatic rings. The third-order valence-electron chi connectivity index (χ3n) is 6.20. The van der Waals surface area contributed by atoms with Gasteiger partial charge in [-0.1, -0.05) is 18.2 Å². The third-order valence-corrected chi connectivity index (χ3v) is 6.20. The molecule has 0 spiro atoms. The molecule has 1 N–H and O–H groups in total. The molecule has 0 saturated heterocycles. The second kappa shape index (κ2) is 8.82. The highest BCUT2D eigenvalue weighted by atomic mass is 16.6. The fourth-order valence-electron chi connectivity index (χ4n) is 4.48. The van der Waals surface area contributed by atoms with E-state index in [0.717, 1.165) is 38.8 Å². The van der Waals surface area contributed by atoms with Crippen LogP contribution in [0.4, 0.5) is 5.69 Å². The van der Waals surface area contributed by atoms with Gasteiger partial charge in [-0.2, -0.15) is 0 Å². The lowest BCUT2D eigenvalue weighted by molar-refractivity contribution is -0.147. The summed E-state index contributed by atoms with van der Waals surface area (Å²) in [6, 6.07) is 6.95. The molecule has 2 atom stereocenters. The minimum atomic E-state index is -0.0978. The van der Waals surface area contributed by atoms with Gasteiger partial charge in [-0.05, 0) is 66.5 Å². The zero-order valence-electron chi connectivity index (χ0n) is 16.7. The SMILES string of the molecule is COCCOC(=O)CC1CCC1c1ccc2c(c1)N(CC1=CNC=CC1)CC2. The van der Waals surface area contributed by atoms with E-state index in [1.807, 2.05) is 6.20 Å². The molecule has 1 aliphatic carbocycles. The topological polar surface area (TPSA) is 50.8 Å². The highest BCUT2D eigenvalue weighted by Crippen LogP contribution is 2.46. The summed E-state index contributed by atoms with van der Waals surface area (Å²) < 4.78 is 10.2. The first kappa shape index (κ1) is 19.1. The Morgan fingerprint density at radius 3 is 2.96 bits per heavy atom. The zero-order valence-corrected chi connectivity index (χ0v) is 16.7. The number of carbonyl (C=O) groups is 1. The number of allylic oxidation sites excluding steroid dienone is 1. The number of dihydropyridines is 1. The van der Waals surface area contributed by atoms with Crippen molar-refractivity contribution in [2.45, 2.75) is 38.0 Å². The Bertz CT molecular complexity index is 771. The van der Waals surface area contributed by atoms with Crippen LogP contribution in [0.5, 0.6) is 0 Å². The van der Waals surface area contributed by atoms with Crippen LogP contribution in [-0.2, 0) is 20.7 Å².